The SMILES string of the molecule is CCc1cccc(C)c1N1C(=O)CS/C1=N\C(=O)NC(C)Cc1ccc(C2N=CN(c3ccc(OC(F)(F)F)cc3)N2)cc1. The highest BCUT2D eigenvalue weighted by molar-refractivity contribution is 8.15. The minimum Gasteiger partial charge on any atom is -0.406 e. The number of carbonyl (C=O) groups excluding carboxylic acids is 2. The zero-order chi connectivity index (χ0) is 31.4. The maximum atomic E-state index is 12.8. The lowest BCUT2D eigenvalue weighted by Crippen LogP contribution is -2.35. The van der Waals surface area contributed by atoms with Gasteiger partial charge in [-0.3, -0.25) is 14.7 Å². The molecule has 2 N–H and O–H groups in total. The van der Waals surface area contributed by atoms with E-state index in [-0.39, 0.29) is 29.6 Å². The monoisotopic (exact) mass is 624 g/mol. The lowest BCUT2D eigenvalue weighted by atomic mass is 10.0. The van der Waals surface area contributed by atoms with Gasteiger partial charge in [0.1, 0.15) is 18.3 Å². The predicted molar refractivity (Wildman–Crippen MR) is 166 cm³/mol. The van der Waals surface area contributed by atoms with E-state index in [4.69, 9.17) is 0 Å². The Labute approximate surface area is 257 Å². The van der Waals surface area contributed by atoms with Crippen LogP contribution in [0.5, 0.6) is 5.75 Å². The number of thioether (sulfide) groups is 1. The molecule has 0 saturated carbocycles. The smallest absolute Gasteiger partial charge is 0.406 e. The molecular formula is C31H31F3N6O3S. The highest BCUT2D eigenvalue weighted by atomic mass is 32.2. The summed E-state index contributed by atoms with van der Waals surface area (Å²) in [4.78, 5) is 35.9. The van der Waals surface area contributed by atoms with Crippen molar-refractivity contribution in [2.45, 2.75) is 52.2 Å². The van der Waals surface area contributed by atoms with Gasteiger partial charge in [0.25, 0.3) is 0 Å². The number of hydrogen-bond acceptors (Lipinski definition) is 7. The average Bonchev–Trinajstić information content (AvgIpc) is 3.60. The number of nitrogens with one attached hydrogen (secondary N) is 2. The molecule has 2 atom stereocenters. The third-order valence-electron chi connectivity index (χ3n) is 7.04. The van der Waals surface area contributed by atoms with Crippen molar-refractivity contribution in [2.75, 3.05) is 15.7 Å². The number of para-hydroxylation sites is 1. The fraction of sp³-hybridized carbons (Fsp3) is 0.290. The van der Waals surface area contributed by atoms with Gasteiger partial charge in [0.15, 0.2) is 5.17 Å². The van der Waals surface area contributed by atoms with Crippen molar-refractivity contribution in [1.82, 2.24) is 10.7 Å². The van der Waals surface area contributed by atoms with E-state index in [0.29, 0.717) is 17.3 Å². The van der Waals surface area contributed by atoms with Crippen LogP contribution in [-0.2, 0) is 17.6 Å². The van der Waals surface area contributed by atoms with Gasteiger partial charge in [-0.2, -0.15) is 10.4 Å². The summed E-state index contributed by atoms with van der Waals surface area (Å²) in [6.45, 7) is 5.86. The molecule has 0 aliphatic carbocycles. The van der Waals surface area contributed by atoms with E-state index in [1.807, 2.05) is 63.2 Å². The highest BCUT2D eigenvalue weighted by Gasteiger charge is 2.33. The van der Waals surface area contributed by atoms with Crippen LogP contribution >= 0.6 is 11.8 Å². The van der Waals surface area contributed by atoms with Crippen LogP contribution in [0.1, 0.15) is 42.3 Å². The number of amidine groups is 1. The molecule has 13 heteroatoms. The second-order valence-electron chi connectivity index (χ2n) is 10.4. The van der Waals surface area contributed by atoms with Gasteiger partial charge in [0.2, 0.25) is 5.91 Å². The van der Waals surface area contributed by atoms with E-state index in [2.05, 4.69) is 25.5 Å². The van der Waals surface area contributed by atoms with Crippen molar-refractivity contribution in [3.05, 3.63) is 89.0 Å². The summed E-state index contributed by atoms with van der Waals surface area (Å²) in [5.41, 5.74) is 8.43. The van der Waals surface area contributed by atoms with Gasteiger partial charge >= 0.3 is 12.4 Å². The van der Waals surface area contributed by atoms with Crippen molar-refractivity contribution >= 4 is 46.6 Å². The summed E-state index contributed by atoms with van der Waals surface area (Å²) in [6, 6.07) is 18.4. The van der Waals surface area contributed by atoms with Crippen molar-refractivity contribution in [1.29, 1.82) is 0 Å². The first-order valence-electron chi connectivity index (χ1n) is 14.0. The average molecular weight is 625 g/mol. The van der Waals surface area contributed by atoms with Crippen LogP contribution in [-0.4, -0.2) is 41.6 Å². The van der Waals surface area contributed by atoms with E-state index in [1.54, 1.807) is 16.2 Å². The first-order valence-corrected chi connectivity index (χ1v) is 15.0. The van der Waals surface area contributed by atoms with Gasteiger partial charge in [-0.1, -0.05) is 61.2 Å². The molecular weight excluding hydrogens is 593 g/mol. The number of aliphatic imine (C=N–C) groups is 2. The summed E-state index contributed by atoms with van der Waals surface area (Å²) in [6.07, 6.45) is -2.25. The number of rotatable bonds is 8. The largest absolute Gasteiger partial charge is 0.573 e. The van der Waals surface area contributed by atoms with Crippen LogP contribution in [0, 0.1) is 6.92 Å². The van der Waals surface area contributed by atoms with Crippen LogP contribution in [0.4, 0.5) is 29.3 Å². The zero-order valence-electron chi connectivity index (χ0n) is 24.3. The van der Waals surface area contributed by atoms with E-state index in [9.17, 15) is 22.8 Å². The van der Waals surface area contributed by atoms with Crippen molar-refractivity contribution in [3.8, 4) is 5.75 Å². The van der Waals surface area contributed by atoms with E-state index in [0.717, 1.165) is 34.4 Å². The lowest BCUT2D eigenvalue weighted by molar-refractivity contribution is -0.274. The molecule has 3 aromatic carbocycles. The molecule has 1 saturated heterocycles. The maximum absolute atomic E-state index is 12.8. The van der Waals surface area contributed by atoms with Crippen LogP contribution < -0.4 is 25.4 Å². The zero-order valence-corrected chi connectivity index (χ0v) is 25.1. The number of alkyl halides is 3. The number of hydrogen-bond donors (Lipinski definition) is 2. The number of anilines is 2. The van der Waals surface area contributed by atoms with Crippen molar-refractivity contribution in [3.63, 3.8) is 0 Å². The second-order valence-corrected chi connectivity index (χ2v) is 11.3. The molecule has 0 bridgehead atoms. The molecule has 2 heterocycles. The number of hydrazine groups is 1. The number of aryl methyl sites for hydroxylation is 2. The topological polar surface area (TPSA) is 98.6 Å². The molecule has 0 radical (unpaired) electrons. The van der Waals surface area contributed by atoms with Crippen LogP contribution in [0.25, 0.3) is 0 Å². The van der Waals surface area contributed by atoms with Crippen molar-refractivity contribution < 1.29 is 27.5 Å². The molecule has 230 valence electrons. The van der Waals surface area contributed by atoms with Gasteiger partial charge < -0.3 is 10.1 Å². The lowest BCUT2D eigenvalue weighted by Gasteiger charge is -2.22. The van der Waals surface area contributed by atoms with Gasteiger partial charge in [-0.25, -0.2) is 9.79 Å². The third kappa shape index (κ3) is 7.40. The Hall–Kier alpha value is -4.36. The minimum atomic E-state index is -4.75. The fourth-order valence-corrected chi connectivity index (χ4v) is 5.85. The van der Waals surface area contributed by atoms with E-state index < -0.39 is 12.4 Å². The molecule has 2 unspecified atom stereocenters. The molecule has 1 fully saturated rings. The maximum Gasteiger partial charge on any atom is 0.573 e. The van der Waals surface area contributed by atoms with Crippen molar-refractivity contribution in [2.24, 2.45) is 9.98 Å². The molecule has 44 heavy (non-hydrogen) atoms. The number of urea groups is 1. The number of halogens is 3. The number of amides is 3. The molecule has 0 spiro atoms. The highest BCUT2D eigenvalue weighted by Crippen LogP contribution is 2.33. The number of nitrogens with zero attached hydrogens (tertiary/aromatic N) is 4. The molecule has 3 aromatic rings. The first kappa shape index (κ1) is 31.1. The van der Waals surface area contributed by atoms with Crippen LogP contribution in [0.2, 0.25) is 0 Å². The quantitative estimate of drug-likeness (QED) is 0.306. The normalized spacial score (nSPS) is 18.3. The Bertz CT molecular complexity index is 1580. The first-order chi connectivity index (χ1) is 21.0. The van der Waals surface area contributed by atoms with E-state index >= 15 is 0 Å². The molecule has 5 rings (SSSR count). The summed E-state index contributed by atoms with van der Waals surface area (Å²) < 4.78 is 41.2. The Kier molecular flexibility index (Phi) is 9.25. The molecule has 2 aliphatic rings. The Morgan fingerprint density at radius 3 is 2.57 bits per heavy atom. The van der Waals surface area contributed by atoms with Gasteiger partial charge in [-0.15, -0.1) is 13.2 Å². The van der Waals surface area contributed by atoms with Crippen LogP contribution in [0.3, 0.4) is 0 Å². The third-order valence-corrected chi connectivity index (χ3v) is 7.96. The van der Waals surface area contributed by atoms with Crippen LogP contribution in [0.15, 0.2) is 76.7 Å². The molecule has 9 nitrogen and oxygen atoms in total. The standard InChI is InChI=1S/C31H31F3N6O3S/c1-4-22-7-5-6-19(2)27(22)40-26(41)17-44-30(40)37-29(42)36-20(3)16-21-8-10-23(11-9-21)28-35-18-39(38-28)24-12-14-25(15-13-24)43-31(32,33)34/h5-15,18,20,28,38H,4,16-17H2,1-3H3,(H,36,42)/b37-30-. The minimum absolute atomic E-state index is 0.101. The fourth-order valence-electron chi connectivity index (χ4n) is 5.00. The molecule has 2 aliphatic heterocycles. The summed E-state index contributed by atoms with van der Waals surface area (Å²) >= 11 is 1.25. The second kappa shape index (κ2) is 13.1. The number of carbonyl (C=O) groups is 2. The van der Waals surface area contributed by atoms with Gasteiger partial charge in [0, 0.05) is 6.04 Å². The molecule has 0 aromatic heterocycles. The number of benzene rings is 3. The summed E-state index contributed by atoms with van der Waals surface area (Å²) in [5, 5.41) is 4.90. The number of ether oxygens (including phenoxy) is 1. The Morgan fingerprint density at radius 2 is 1.89 bits per heavy atom. The van der Waals surface area contributed by atoms with Gasteiger partial charge in [0.05, 0.1) is 17.1 Å². The van der Waals surface area contributed by atoms with E-state index in [1.165, 1.54) is 36.0 Å². The Morgan fingerprint density at radius 1 is 1.16 bits per heavy atom. The predicted octanol–water partition coefficient (Wildman–Crippen LogP) is 6.28. The summed E-state index contributed by atoms with van der Waals surface area (Å²) in [5.74, 6) is -0.173. The van der Waals surface area contributed by atoms with Gasteiger partial charge in [-0.05, 0) is 73.2 Å². The Balaban J connectivity index is 1.16. The molecule has 3 amide bonds. The summed E-state index contributed by atoms with van der Waals surface area (Å²) in [7, 11) is 0.